The highest BCUT2D eigenvalue weighted by molar-refractivity contribution is 7.15. The number of halogens is 2. The zero-order valence-electron chi connectivity index (χ0n) is 12.0. The molecule has 0 saturated carbocycles. The van der Waals surface area contributed by atoms with Gasteiger partial charge in [-0.2, -0.15) is 0 Å². The monoisotopic (exact) mass is 362 g/mol. The Labute approximate surface area is 147 Å². The maximum atomic E-state index is 11.3. The molecule has 1 heterocycles. The number of hydrogen-bond donors (Lipinski definition) is 1. The highest BCUT2D eigenvalue weighted by Gasteiger charge is 2.17. The third kappa shape index (κ3) is 3.13. The van der Waals surface area contributed by atoms with Crippen LogP contribution in [0.15, 0.2) is 49.0 Å². The van der Waals surface area contributed by atoms with Crippen molar-refractivity contribution in [3.63, 3.8) is 0 Å². The first-order chi connectivity index (χ1) is 11.0. The van der Waals surface area contributed by atoms with Gasteiger partial charge in [0.05, 0.1) is 5.57 Å². The molecule has 3 aromatic rings. The van der Waals surface area contributed by atoms with E-state index >= 15 is 0 Å². The van der Waals surface area contributed by atoms with Crippen LogP contribution in [0.3, 0.4) is 0 Å². The third-order valence-electron chi connectivity index (χ3n) is 3.60. The SMILES string of the molecule is C=C(C(=O)O)c1sc(Cc2ccc(Cl)cc2Cl)c2ccccc12. The molecule has 0 bridgehead atoms. The van der Waals surface area contributed by atoms with Crippen molar-refractivity contribution < 1.29 is 9.90 Å². The van der Waals surface area contributed by atoms with E-state index in [-0.39, 0.29) is 5.57 Å². The second kappa shape index (κ2) is 6.36. The van der Waals surface area contributed by atoms with Gasteiger partial charge in [0.15, 0.2) is 0 Å². The number of thiophene rings is 1. The van der Waals surface area contributed by atoms with Gasteiger partial charge in [0.25, 0.3) is 0 Å². The van der Waals surface area contributed by atoms with Crippen molar-refractivity contribution in [2.24, 2.45) is 0 Å². The predicted octanol–water partition coefficient (Wildman–Crippen LogP) is 5.90. The Hall–Kier alpha value is -1.81. The molecule has 0 aliphatic carbocycles. The molecule has 0 unspecified atom stereocenters. The van der Waals surface area contributed by atoms with E-state index < -0.39 is 5.97 Å². The minimum atomic E-state index is -1.01. The molecular weight excluding hydrogens is 351 g/mol. The molecule has 0 aliphatic rings. The van der Waals surface area contributed by atoms with E-state index in [9.17, 15) is 9.90 Å². The van der Waals surface area contributed by atoms with Crippen molar-refractivity contribution in [2.45, 2.75) is 6.42 Å². The van der Waals surface area contributed by atoms with Crippen molar-refractivity contribution in [1.82, 2.24) is 0 Å². The van der Waals surface area contributed by atoms with E-state index in [1.807, 2.05) is 30.3 Å². The Kier molecular flexibility index (Phi) is 4.44. The lowest BCUT2D eigenvalue weighted by Crippen LogP contribution is -1.95. The molecule has 1 N–H and O–H groups in total. The van der Waals surface area contributed by atoms with Crippen LogP contribution in [-0.4, -0.2) is 11.1 Å². The van der Waals surface area contributed by atoms with E-state index in [4.69, 9.17) is 23.2 Å². The Balaban J connectivity index is 2.11. The van der Waals surface area contributed by atoms with Crippen molar-refractivity contribution in [3.05, 3.63) is 74.4 Å². The first kappa shape index (κ1) is 16.1. The molecular formula is C18H12Cl2O2S. The molecule has 2 aromatic carbocycles. The largest absolute Gasteiger partial charge is 0.478 e. The Bertz CT molecular complexity index is 928. The molecule has 0 radical (unpaired) electrons. The van der Waals surface area contributed by atoms with Crippen molar-refractivity contribution >= 4 is 56.9 Å². The summed E-state index contributed by atoms with van der Waals surface area (Å²) in [7, 11) is 0. The molecule has 1 aromatic heterocycles. The third-order valence-corrected chi connectivity index (χ3v) is 5.46. The molecule has 23 heavy (non-hydrogen) atoms. The van der Waals surface area contributed by atoms with Crippen LogP contribution in [-0.2, 0) is 11.2 Å². The summed E-state index contributed by atoms with van der Waals surface area (Å²) < 4.78 is 0. The zero-order valence-corrected chi connectivity index (χ0v) is 14.3. The lowest BCUT2D eigenvalue weighted by atomic mass is 10.0. The summed E-state index contributed by atoms with van der Waals surface area (Å²) in [4.78, 5) is 13.0. The predicted molar refractivity (Wildman–Crippen MR) is 97.8 cm³/mol. The average molecular weight is 363 g/mol. The molecule has 2 nitrogen and oxygen atoms in total. The molecule has 0 amide bonds. The van der Waals surface area contributed by atoms with Crippen LogP contribution in [0.2, 0.25) is 10.0 Å². The van der Waals surface area contributed by atoms with E-state index in [1.54, 1.807) is 12.1 Å². The highest BCUT2D eigenvalue weighted by atomic mass is 35.5. The van der Waals surface area contributed by atoms with Crippen molar-refractivity contribution in [1.29, 1.82) is 0 Å². The summed E-state index contributed by atoms with van der Waals surface area (Å²) in [5, 5.41) is 12.4. The van der Waals surface area contributed by atoms with Gasteiger partial charge in [0.2, 0.25) is 0 Å². The highest BCUT2D eigenvalue weighted by Crippen LogP contribution is 2.37. The minimum absolute atomic E-state index is 0.111. The van der Waals surface area contributed by atoms with E-state index in [0.717, 1.165) is 21.2 Å². The van der Waals surface area contributed by atoms with Crippen LogP contribution in [0.1, 0.15) is 15.3 Å². The van der Waals surface area contributed by atoms with Crippen LogP contribution in [0.4, 0.5) is 0 Å². The van der Waals surface area contributed by atoms with Crippen molar-refractivity contribution in [3.8, 4) is 0 Å². The van der Waals surface area contributed by atoms with E-state index in [0.29, 0.717) is 21.3 Å². The maximum absolute atomic E-state index is 11.3. The molecule has 0 saturated heterocycles. The van der Waals surface area contributed by atoms with Gasteiger partial charge < -0.3 is 5.11 Å². The number of benzene rings is 2. The van der Waals surface area contributed by atoms with Gasteiger partial charge in [0, 0.05) is 31.6 Å². The second-order valence-corrected chi connectivity index (χ2v) is 7.04. The number of hydrogen-bond acceptors (Lipinski definition) is 2. The quantitative estimate of drug-likeness (QED) is 0.586. The minimum Gasteiger partial charge on any atom is -0.478 e. The van der Waals surface area contributed by atoms with Gasteiger partial charge in [0.1, 0.15) is 0 Å². The lowest BCUT2D eigenvalue weighted by Gasteiger charge is -2.04. The van der Waals surface area contributed by atoms with E-state index in [2.05, 4.69) is 6.58 Å². The first-order valence-corrected chi connectivity index (χ1v) is 8.41. The first-order valence-electron chi connectivity index (χ1n) is 6.84. The number of aliphatic carboxylic acids is 1. The molecule has 5 heteroatoms. The molecule has 3 rings (SSSR count). The second-order valence-electron chi connectivity index (χ2n) is 5.10. The van der Waals surface area contributed by atoms with Gasteiger partial charge in [-0.15, -0.1) is 11.3 Å². The topological polar surface area (TPSA) is 37.3 Å². The molecule has 0 spiro atoms. The number of fused-ring (bicyclic) bond motifs is 1. The van der Waals surface area contributed by atoms with Gasteiger partial charge in [-0.25, -0.2) is 4.79 Å². The fraction of sp³-hybridized carbons (Fsp3) is 0.0556. The molecule has 116 valence electrons. The number of carboxylic acids is 1. The molecule has 0 aliphatic heterocycles. The fourth-order valence-electron chi connectivity index (χ4n) is 2.45. The Morgan fingerprint density at radius 1 is 1.13 bits per heavy atom. The van der Waals surface area contributed by atoms with E-state index in [1.165, 1.54) is 11.3 Å². The van der Waals surface area contributed by atoms with Crippen LogP contribution < -0.4 is 0 Å². The number of carbonyl (C=O) groups is 1. The zero-order chi connectivity index (χ0) is 16.6. The van der Waals surface area contributed by atoms with Crippen LogP contribution in [0.25, 0.3) is 16.3 Å². The van der Waals surface area contributed by atoms with Gasteiger partial charge in [-0.3, -0.25) is 0 Å². The summed E-state index contributed by atoms with van der Waals surface area (Å²) in [6, 6.07) is 13.2. The van der Waals surface area contributed by atoms with Gasteiger partial charge in [-0.05, 0) is 23.1 Å². The van der Waals surface area contributed by atoms with Gasteiger partial charge in [-0.1, -0.05) is 60.1 Å². The summed E-state index contributed by atoms with van der Waals surface area (Å²) in [6.07, 6.45) is 0.619. The number of carboxylic acid groups (broad SMARTS) is 1. The van der Waals surface area contributed by atoms with Crippen molar-refractivity contribution in [2.75, 3.05) is 0 Å². The summed E-state index contributed by atoms with van der Waals surface area (Å²) in [5.74, 6) is -1.01. The molecule has 0 fully saturated rings. The van der Waals surface area contributed by atoms with Crippen LogP contribution in [0.5, 0.6) is 0 Å². The van der Waals surface area contributed by atoms with Crippen LogP contribution in [0, 0.1) is 0 Å². The summed E-state index contributed by atoms with van der Waals surface area (Å²) in [6.45, 7) is 3.69. The lowest BCUT2D eigenvalue weighted by molar-refractivity contribution is -0.130. The average Bonchev–Trinajstić information content (AvgIpc) is 2.88. The van der Waals surface area contributed by atoms with Gasteiger partial charge >= 0.3 is 5.97 Å². The number of rotatable bonds is 4. The standard InChI is InChI=1S/C18H12Cl2O2S/c1-10(18(21)22)17-14-5-3-2-4-13(14)16(23-17)8-11-6-7-12(19)9-15(11)20/h2-7,9H,1,8H2,(H,21,22). The smallest absolute Gasteiger partial charge is 0.336 e. The normalized spacial score (nSPS) is 10.9. The Morgan fingerprint density at radius 3 is 2.48 bits per heavy atom. The van der Waals surface area contributed by atoms with Crippen LogP contribution >= 0.6 is 34.5 Å². The molecule has 0 atom stereocenters. The summed E-state index contributed by atoms with van der Waals surface area (Å²) in [5.41, 5.74) is 1.07. The fourth-order valence-corrected chi connectivity index (χ4v) is 4.18. The Morgan fingerprint density at radius 2 is 1.83 bits per heavy atom. The summed E-state index contributed by atoms with van der Waals surface area (Å²) >= 11 is 13.6. The maximum Gasteiger partial charge on any atom is 0.336 e.